The molecule has 0 spiro atoms. The summed E-state index contributed by atoms with van der Waals surface area (Å²) in [6.45, 7) is 4.50. The highest BCUT2D eigenvalue weighted by Crippen LogP contribution is 2.32. The average Bonchev–Trinajstić information content (AvgIpc) is 2.59. The molecule has 1 saturated heterocycles. The largest absolute Gasteiger partial charge is 0.507 e. The van der Waals surface area contributed by atoms with E-state index < -0.39 is 0 Å². The lowest BCUT2D eigenvalue weighted by Gasteiger charge is -2.40. The predicted molar refractivity (Wildman–Crippen MR) is 104 cm³/mol. The molecule has 1 unspecified atom stereocenters. The summed E-state index contributed by atoms with van der Waals surface area (Å²) in [5.41, 5.74) is 9.28. The van der Waals surface area contributed by atoms with Crippen LogP contribution in [-0.2, 0) is 6.42 Å². The summed E-state index contributed by atoms with van der Waals surface area (Å²) >= 11 is 0. The standard InChI is InChI=1S/C20H27BN2O2/c1-14-19(8-7-16(9-10-21)20(14)24)25-17-11-23(12-17)13-18(22)15-5-3-2-4-6-15/h2-8,17-18,24H,9-13,21-22H2,1H3. The molecule has 3 N–H and O–H groups in total. The zero-order chi connectivity index (χ0) is 17.8. The lowest BCUT2D eigenvalue weighted by molar-refractivity contribution is 0.0159. The third-order valence-electron chi connectivity index (χ3n) is 4.88. The van der Waals surface area contributed by atoms with Crippen LogP contribution in [0.5, 0.6) is 11.5 Å². The smallest absolute Gasteiger partial charge is 0.126 e. The van der Waals surface area contributed by atoms with Crippen LogP contribution in [0.15, 0.2) is 42.5 Å². The molecule has 0 bridgehead atoms. The van der Waals surface area contributed by atoms with Gasteiger partial charge < -0.3 is 15.6 Å². The molecule has 0 aliphatic carbocycles. The molecular formula is C20H27BN2O2. The molecule has 3 rings (SSSR count). The van der Waals surface area contributed by atoms with Crippen LogP contribution < -0.4 is 10.5 Å². The van der Waals surface area contributed by atoms with Gasteiger partial charge in [0, 0.05) is 31.2 Å². The SMILES string of the molecule is BCCc1ccc(OC2CN(CC(N)c3ccccc3)C2)c(C)c1O. The topological polar surface area (TPSA) is 58.7 Å². The monoisotopic (exact) mass is 338 g/mol. The molecule has 1 atom stereocenters. The van der Waals surface area contributed by atoms with Crippen LogP contribution in [0.25, 0.3) is 0 Å². The third-order valence-corrected chi connectivity index (χ3v) is 4.88. The van der Waals surface area contributed by atoms with Gasteiger partial charge in [0.2, 0.25) is 0 Å². The number of likely N-dealkylation sites (tertiary alicyclic amines) is 1. The van der Waals surface area contributed by atoms with Crippen LogP contribution in [0.1, 0.15) is 22.7 Å². The summed E-state index contributed by atoms with van der Waals surface area (Å²) in [7, 11) is 2.11. The van der Waals surface area contributed by atoms with E-state index in [-0.39, 0.29) is 12.1 Å². The van der Waals surface area contributed by atoms with E-state index in [0.717, 1.165) is 49.3 Å². The fourth-order valence-electron chi connectivity index (χ4n) is 3.35. The van der Waals surface area contributed by atoms with Crippen molar-refractivity contribution in [3.8, 4) is 11.5 Å². The highest BCUT2D eigenvalue weighted by atomic mass is 16.5. The molecule has 132 valence electrons. The van der Waals surface area contributed by atoms with Crippen molar-refractivity contribution < 1.29 is 9.84 Å². The van der Waals surface area contributed by atoms with Crippen LogP contribution >= 0.6 is 0 Å². The van der Waals surface area contributed by atoms with Crippen molar-refractivity contribution in [2.75, 3.05) is 19.6 Å². The summed E-state index contributed by atoms with van der Waals surface area (Å²) in [5, 5.41) is 10.3. The molecule has 25 heavy (non-hydrogen) atoms. The Morgan fingerprint density at radius 2 is 1.96 bits per heavy atom. The van der Waals surface area contributed by atoms with E-state index in [2.05, 4.69) is 24.9 Å². The van der Waals surface area contributed by atoms with Crippen molar-refractivity contribution in [1.29, 1.82) is 0 Å². The molecule has 1 aliphatic rings. The number of rotatable bonds is 7. The van der Waals surface area contributed by atoms with Crippen molar-refractivity contribution in [3.63, 3.8) is 0 Å². The Hall–Kier alpha value is -1.98. The molecule has 0 aromatic heterocycles. The van der Waals surface area contributed by atoms with E-state index in [1.807, 2.05) is 37.3 Å². The highest BCUT2D eigenvalue weighted by molar-refractivity contribution is 6.08. The molecule has 0 saturated carbocycles. The zero-order valence-electron chi connectivity index (χ0n) is 15.1. The minimum Gasteiger partial charge on any atom is -0.507 e. The van der Waals surface area contributed by atoms with Gasteiger partial charge in [0.1, 0.15) is 25.4 Å². The number of phenolic OH excluding ortho intramolecular Hbond substituents is 1. The van der Waals surface area contributed by atoms with Crippen LogP contribution in [-0.4, -0.2) is 43.6 Å². The van der Waals surface area contributed by atoms with Crippen LogP contribution in [0.4, 0.5) is 0 Å². The number of phenols is 1. The molecule has 2 aromatic carbocycles. The van der Waals surface area contributed by atoms with E-state index in [1.54, 1.807) is 0 Å². The van der Waals surface area contributed by atoms with Crippen molar-refractivity contribution in [1.82, 2.24) is 4.90 Å². The van der Waals surface area contributed by atoms with E-state index >= 15 is 0 Å². The number of benzene rings is 2. The summed E-state index contributed by atoms with van der Waals surface area (Å²) in [4.78, 5) is 2.31. The molecule has 2 aromatic rings. The van der Waals surface area contributed by atoms with Crippen molar-refractivity contribution in [2.24, 2.45) is 5.73 Å². The van der Waals surface area contributed by atoms with Gasteiger partial charge in [-0.25, -0.2) is 0 Å². The summed E-state index contributed by atoms with van der Waals surface area (Å²) < 4.78 is 6.07. The van der Waals surface area contributed by atoms with Gasteiger partial charge in [0.25, 0.3) is 0 Å². The number of nitrogens with zero attached hydrogens (tertiary/aromatic N) is 1. The number of hydrogen-bond acceptors (Lipinski definition) is 4. The Bertz CT molecular complexity index is 702. The van der Waals surface area contributed by atoms with Gasteiger partial charge in [-0.1, -0.05) is 42.7 Å². The molecule has 1 fully saturated rings. The fourth-order valence-corrected chi connectivity index (χ4v) is 3.35. The van der Waals surface area contributed by atoms with E-state index in [0.29, 0.717) is 5.75 Å². The van der Waals surface area contributed by atoms with Gasteiger partial charge in [-0.15, -0.1) is 0 Å². The minimum atomic E-state index is 0.0289. The molecular weight excluding hydrogens is 311 g/mol. The molecule has 5 heteroatoms. The van der Waals surface area contributed by atoms with Crippen molar-refractivity contribution in [2.45, 2.75) is 31.8 Å². The Kier molecular flexibility index (Phi) is 5.66. The maximum atomic E-state index is 10.3. The quantitative estimate of drug-likeness (QED) is 0.759. The Morgan fingerprint density at radius 3 is 2.64 bits per heavy atom. The zero-order valence-corrected chi connectivity index (χ0v) is 15.1. The van der Waals surface area contributed by atoms with Gasteiger partial charge in [-0.05, 0) is 30.5 Å². The van der Waals surface area contributed by atoms with Crippen molar-refractivity contribution >= 4 is 7.85 Å². The number of hydrogen-bond donors (Lipinski definition) is 2. The number of nitrogens with two attached hydrogens (primary N) is 1. The summed E-state index contributed by atoms with van der Waals surface area (Å²) in [6.07, 6.45) is 2.08. The first-order valence-corrected chi connectivity index (χ1v) is 9.09. The Balaban J connectivity index is 1.51. The lowest BCUT2D eigenvalue weighted by atomic mass is 9.95. The maximum absolute atomic E-state index is 10.3. The van der Waals surface area contributed by atoms with Crippen LogP contribution in [0.2, 0.25) is 6.32 Å². The number of aryl methyl sites for hydroxylation is 1. The normalized spacial score (nSPS) is 16.4. The van der Waals surface area contributed by atoms with Gasteiger partial charge in [0.15, 0.2) is 0 Å². The van der Waals surface area contributed by atoms with Gasteiger partial charge in [-0.2, -0.15) is 0 Å². The maximum Gasteiger partial charge on any atom is 0.126 e. The molecule has 0 radical (unpaired) electrons. The van der Waals surface area contributed by atoms with Crippen LogP contribution in [0, 0.1) is 6.92 Å². The number of ether oxygens (including phenoxy) is 1. The third kappa shape index (κ3) is 4.17. The summed E-state index contributed by atoms with van der Waals surface area (Å²) in [5.74, 6) is 1.16. The number of aromatic hydroxyl groups is 1. The van der Waals surface area contributed by atoms with E-state index in [4.69, 9.17) is 10.5 Å². The van der Waals surface area contributed by atoms with Gasteiger partial charge in [0.05, 0.1) is 0 Å². The molecule has 4 nitrogen and oxygen atoms in total. The first-order valence-electron chi connectivity index (χ1n) is 9.09. The van der Waals surface area contributed by atoms with E-state index in [1.165, 1.54) is 5.56 Å². The first-order chi connectivity index (χ1) is 12.1. The fraction of sp³-hybridized carbons (Fsp3) is 0.400. The highest BCUT2D eigenvalue weighted by Gasteiger charge is 2.30. The Morgan fingerprint density at radius 1 is 1.24 bits per heavy atom. The Labute approximate surface area is 151 Å². The molecule has 1 heterocycles. The molecule has 1 aliphatic heterocycles. The second-order valence-corrected chi connectivity index (χ2v) is 6.92. The van der Waals surface area contributed by atoms with Gasteiger partial charge >= 0.3 is 0 Å². The lowest BCUT2D eigenvalue weighted by Crippen LogP contribution is -2.55. The first kappa shape index (κ1) is 17.8. The van der Waals surface area contributed by atoms with Crippen LogP contribution in [0.3, 0.4) is 0 Å². The predicted octanol–water partition coefficient (Wildman–Crippen LogP) is 2.06. The summed E-state index contributed by atoms with van der Waals surface area (Å²) in [6, 6.07) is 14.2. The van der Waals surface area contributed by atoms with E-state index in [9.17, 15) is 5.11 Å². The van der Waals surface area contributed by atoms with Crippen molar-refractivity contribution in [3.05, 3.63) is 59.2 Å². The van der Waals surface area contributed by atoms with Gasteiger partial charge in [-0.3, -0.25) is 4.90 Å². The minimum absolute atomic E-state index is 0.0289. The second kappa shape index (κ2) is 7.94. The second-order valence-electron chi connectivity index (χ2n) is 6.92. The average molecular weight is 338 g/mol. The molecule has 0 amide bonds.